The van der Waals surface area contributed by atoms with Crippen molar-refractivity contribution in [2.45, 2.75) is 44.7 Å². The topological polar surface area (TPSA) is 29.3 Å². The maximum absolute atomic E-state index is 6.10. The maximum atomic E-state index is 6.10. The van der Waals surface area contributed by atoms with Crippen LogP contribution in [0.25, 0.3) is 0 Å². The lowest BCUT2D eigenvalue weighted by Crippen LogP contribution is -2.49. The SMILES string of the molecule is CCC1CCC(CN)(N(C)Cc2cc(Br)cs2)C1. The van der Waals surface area contributed by atoms with Gasteiger partial charge in [0.1, 0.15) is 0 Å². The molecular weight excluding hydrogens is 308 g/mol. The summed E-state index contributed by atoms with van der Waals surface area (Å²) in [5, 5.41) is 2.15. The minimum atomic E-state index is 0.233. The molecule has 0 aliphatic heterocycles. The maximum Gasteiger partial charge on any atom is 0.0335 e. The lowest BCUT2D eigenvalue weighted by atomic mass is 9.93. The zero-order chi connectivity index (χ0) is 13.2. The number of nitrogens with zero attached hydrogens (tertiary/aromatic N) is 1. The Morgan fingerprint density at radius 2 is 2.39 bits per heavy atom. The highest BCUT2D eigenvalue weighted by atomic mass is 79.9. The van der Waals surface area contributed by atoms with E-state index in [1.165, 1.54) is 35.0 Å². The predicted octanol–water partition coefficient (Wildman–Crippen LogP) is 3.85. The first kappa shape index (κ1) is 14.5. The van der Waals surface area contributed by atoms with E-state index in [-0.39, 0.29) is 5.54 Å². The lowest BCUT2D eigenvalue weighted by Gasteiger charge is -2.38. The van der Waals surface area contributed by atoms with Gasteiger partial charge in [-0.2, -0.15) is 0 Å². The van der Waals surface area contributed by atoms with Gasteiger partial charge in [0.2, 0.25) is 0 Å². The van der Waals surface area contributed by atoms with Gasteiger partial charge in [0.25, 0.3) is 0 Å². The van der Waals surface area contributed by atoms with E-state index >= 15 is 0 Å². The highest BCUT2D eigenvalue weighted by molar-refractivity contribution is 9.10. The van der Waals surface area contributed by atoms with E-state index in [0.29, 0.717) is 0 Å². The van der Waals surface area contributed by atoms with Gasteiger partial charge in [-0.3, -0.25) is 4.90 Å². The van der Waals surface area contributed by atoms with Gasteiger partial charge in [-0.05, 0) is 54.2 Å². The molecule has 0 radical (unpaired) electrons. The molecule has 1 heterocycles. The molecule has 2 nitrogen and oxygen atoms in total. The zero-order valence-corrected chi connectivity index (χ0v) is 13.7. The first-order valence-electron chi connectivity index (χ1n) is 6.74. The van der Waals surface area contributed by atoms with Gasteiger partial charge in [-0.25, -0.2) is 0 Å². The summed E-state index contributed by atoms with van der Waals surface area (Å²) in [4.78, 5) is 3.90. The monoisotopic (exact) mass is 330 g/mol. The Labute approximate surface area is 123 Å². The molecule has 0 bridgehead atoms. The van der Waals surface area contributed by atoms with E-state index in [4.69, 9.17) is 5.73 Å². The normalized spacial score (nSPS) is 28.2. The van der Waals surface area contributed by atoms with Gasteiger partial charge in [0.05, 0.1) is 0 Å². The molecule has 0 spiro atoms. The number of halogens is 1. The van der Waals surface area contributed by atoms with Crippen LogP contribution in [-0.4, -0.2) is 24.0 Å². The predicted molar refractivity (Wildman–Crippen MR) is 82.9 cm³/mol. The minimum Gasteiger partial charge on any atom is -0.329 e. The van der Waals surface area contributed by atoms with Crippen LogP contribution in [0.1, 0.15) is 37.5 Å². The number of likely N-dealkylation sites (N-methyl/N-ethyl adjacent to an activating group) is 1. The fraction of sp³-hybridized carbons (Fsp3) is 0.714. The van der Waals surface area contributed by atoms with Crippen LogP contribution in [0.3, 0.4) is 0 Å². The molecule has 18 heavy (non-hydrogen) atoms. The van der Waals surface area contributed by atoms with Gasteiger partial charge in [-0.15, -0.1) is 11.3 Å². The molecule has 0 amide bonds. The third-order valence-corrected chi connectivity index (χ3v) is 6.15. The summed E-state index contributed by atoms with van der Waals surface area (Å²) in [5.41, 5.74) is 6.33. The molecule has 1 saturated carbocycles. The van der Waals surface area contributed by atoms with Gasteiger partial charge in [0, 0.05) is 33.4 Å². The fourth-order valence-corrected chi connectivity index (χ4v) is 4.59. The Morgan fingerprint density at radius 1 is 1.61 bits per heavy atom. The molecule has 0 saturated heterocycles. The van der Waals surface area contributed by atoms with Crippen molar-refractivity contribution in [3.05, 3.63) is 20.8 Å². The van der Waals surface area contributed by atoms with Crippen molar-refractivity contribution in [2.24, 2.45) is 11.7 Å². The summed E-state index contributed by atoms with van der Waals surface area (Å²) in [6.07, 6.45) is 5.15. The molecule has 4 heteroatoms. The van der Waals surface area contributed by atoms with Crippen LogP contribution in [0, 0.1) is 5.92 Å². The summed E-state index contributed by atoms with van der Waals surface area (Å²) < 4.78 is 1.19. The molecular formula is C14H23BrN2S. The number of hydrogen-bond acceptors (Lipinski definition) is 3. The van der Waals surface area contributed by atoms with Crippen LogP contribution in [-0.2, 0) is 6.54 Å². The Morgan fingerprint density at radius 3 is 2.89 bits per heavy atom. The van der Waals surface area contributed by atoms with E-state index in [0.717, 1.165) is 19.0 Å². The molecule has 1 aromatic heterocycles. The Bertz CT molecular complexity index is 393. The summed E-state index contributed by atoms with van der Waals surface area (Å²) in [6.45, 7) is 4.10. The van der Waals surface area contributed by atoms with Crippen molar-refractivity contribution in [2.75, 3.05) is 13.6 Å². The first-order chi connectivity index (χ1) is 8.59. The Hall–Kier alpha value is 0.1000. The number of rotatable bonds is 5. The molecule has 2 rings (SSSR count). The second kappa shape index (κ2) is 6.04. The lowest BCUT2D eigenvalue weighted by molar-refractivity contribution is 0.120. The third-order valence-electron chi connectivity index (χ3n) is 4.47. The highest BCUT2D eigenvalue weighted by Crippen LogP contribution is 2.40. The van der Waals surface area contributed by atoms with E-state index in [9.17, 15) is 0 Å². The summed E-state index contributed by atoms with van der Waals surface area (Å²) >= 11 is 5.35. The second-order valence-corrected chi connectivity index (χ2v) is 7.44. The van der Waals surface area contributed by atoms with Crippen LogP contribution in [0.2, 0.25) is 0 Å². The largest absolute Gasteiger partial charge is 0.329 e. The third kappa shape index (κ3) is 2.98. The van der Waals surface area contributed by atoms with Gasteiger partial charge >= 0.3 is 0 Å². The van der Waals surface area contributed by atoms with E-state index in [1.807, 2.05) is 11.3 Å². The average molecular weight is 331 g/mol. The van der Waals surface area contributed by atoms with Crippen molar-refractivity contribution in [3.8, 4) is 0 Å². The number of hydrogen-bond donors (Lipinski definition) is 1. The number of nitrogens with two attached hydrogens (primary N) is 1. The van der Waals surface area contributed by atoms with E-state index in [1.54, 1.807) is 0 Å². The highest BCUT2D eigenvalue weighted by Gasteiger charge is 2.40. The Kier molecular flexibility index (Phi) is 4.86. The summed E-state index contributed by atoms with van der Waals surface area (Å²) in [6, 6.07) is 2.22. The smallest absolute Gasteiger partial charge is 0.0335 e. The van der Waals surface area contributed by atoms with Crippen LogP contribution < -0.4 is 5.73 Å². The molecule has 1 aliphatic rings. The van der Waals surface area contributed by atoms with Gasteiger partial charge < -0.3 is 5.73 Å². The molecule has 1 aliphatic carbocycles. The van der Waals surface area contributed by atoms with E-state index in [2.05, 4.69) is 46.2 Å². The standard InChI is InChI=1S/C14H23BrN2S/c1-3-11-4-5-14(7-11,10-16)17(2)8-13-6-12(15)9-18-13/h6,9,11H,3-5,7-8,10,16H2,1-2H3. The molecule has 2 N–H and O–H groups in total. The van der Waals surface area contributed by atoms with Crippen LogP contribution >= 0.6 is 27.3 Å². The molecule has 102 valence electrons. The summed E-state index contributed by atoms with van der Waals surface area (Å²) in [7, 11) is 2.23. The molecule has 2 unspecified atom stereocenters. The van der Waals surface area contributed by atoms with Crippen molar-refractivity contribution < 1.29 is 0 Å². The van der Waals surface area contributed by atoms with E-state index < -0.39 is 0 Å². The minimum absolute atomic E-state index is 0.233. The van der Waals surface area contributed by atoms with Gasteiger partial charge in [0.15, 0.2) is 0 Å². The van der Waals surface area contributed by atoms with Crippen LogP contribution in [0.4, 0.5) is 0 Å². The van der Waals surface area contributed by atoms with Crippen molar-refractivity contribution in [3.63, 3.8) is 0 Å². The van der Waals surface area contributed by atoms with Crippen molar-refractivity contribution in [1.82, 2.24) is 4.90 Å². The first-order valence-corrected chi connectivity index (χ1v) is 8.41. The summed E-state index contributed by atoms with van der Waals surface area (Å²) in [5.74, 6) is 0.867. The quantitative estimate of drug-likeness (QED) is 0.888. The van der Waals surface area contributed by atoms with Crippen molar-refractivity contribution >= 4 is 27.3 Å². The fourth-order valence-electron chi connectivity index (χ4n) is 3.09. The zero-order valence-electron chi connectivity index (χ0n) is 11.3. The van der Waals surface area contributed by atoms with Crippen molar-refractivity contribution in [1.29, 1.82) is 0 Å². The van der Waals surface area contributed by atoms with Gasteiger partial charge in [-0.1, -0.05) is 13.3 Å². The van der Waals surface area contributed by atoms with Crippen LogP contribution in [0.5, 0.6) is 0 Å². The Balaban J connectivity index is 2.04. The number of thiophene rings is 1. The molecule has 0 aromatic carbocycles. The molecule has 1 aromatic rings. The average Bonchev–Trinajstić information content (AvgIpc) is 2.96. The molecule has 1 fully saturated rings. The molecule has 2 atom stereocenters. The second-order valence-electron chi connectivity index (χ2n) is 5.53. The van der Waals surface area contributed by atoms with Crippen LogP contribution in [0.15, 0.2) is 15.9 Å².